The zero-order valence-electron chi connectivity index (χ0n) is 15.1. The second kappa shape index (κ2) is 6.75. The Bertz CT molecular complexity index is 1050. The monoisotopic (exact) mass is 364 g/mol. The Morgan fingerprint density at radius 3 is 2.93 bits per heavy atom. The molecule has 1 aliphatic carbocycles. The van der Waals surface area contributed by atoms with E-state index in [2.05, 4.69) is 20.8 Å². The number of oxime groups is 1. The van der Waals surface area contributed by atoms with Crippen LogP contribution in [0.1, 0.15) is 41.9 Å². The van der Waals surface area contributed by atoms with Gasteiger partial charge in [-0.1, -0.05) is 11.2 Å². The van der Waals surface area contributed by atoms with E-state index in [9.17, 15) is 4.79 Å². The fraction of sp³-hybridized carbons (Fsp3) is 0.250. The molecule has 7 nitrogen and oxygen atoms in total. The summed E-state index contributed by atoms with van der Waals surface area (Å²) >= 11 is 0. The van der Waals surface area contributed by atoms with Gasteiger partial charge in [0, 0.05) is 28.9 Å². The second-order valence-electron chi connectivity index (χ2n) is 6.85. The van der Waals surface area contributed by atoms with E-state index in [-0.39, 0.29) is 17.7 Å². The Balaban J connectivity index is 1.74. The average molecular weight is 364 g/mol. The molecule has 0 saturated heterocycles. The van der Waals surface area contributed by atoms with Crippen LogP contribution in [-0.4, -0.2) is 27.9 Å². The molecule has 0 bridgehead atoms. The van der Waals surface area contributed by atoms with Crippen LogP contribution in [0.4, 0.5) is 11.4 Å². The van der Waals surface area contributed by atoms with Gasteiger partial charge in [-0.2, -0.15) is 0 Å². The van der Waals surface area contributed by atoms with E-state index in [0.717, 1.165) is 35.0 Å². The van der Waals surface area contributed by atoms with E-state index >= 15 is 0 Å². The Morgan fingerprint density at radius 1 is 1.30 bits per heavy atom. The minimum Gasteiger partial charge on any atom is -0.447 e. The predicted octanol–water partition coefficient (Wildman–Crippen LogP) is 3.83. The number of aryl methyl sites for hydroxylation is 1. The summed E-state index contributed by atoms with van der Waals surface area (Å²) in [5.74, 6) is -0.0515. The first kappa shape index (κ1) is 17.1. The van der Waals surface area contributed by atoms with Gasteiger partial charge >= 0.3 is 0 Å². The van der Waals surface area contributed by atoms with Crippen LogP contribution in [0.15, 0.2) is 46.2 Å². The fourth-order valence-corrected chi connectivity index (χ4v) is 3.36. The van der Waals surface area contributed by atoms with Gasteiger partial charge in [0.2, 0.25) is 5.76 Å². The number of carbonyl (C=O) groups excluding carboxylic acids is 1. The molecule has 0 atom stereocenters. The first-order chi connectivity index (χ1) is 13.1. The summed E-state index contributed by atoms with van der Waals surface area (Å²) in [5.41, 5.74) is 4.77. The lowest BCUT2D eigenvalue weighted by Crippen LogP contribution is -2.30. The first-order valence-electron chi connectivity index (χ1n) is 8.85. The van der Waals surface area contributed by atoms with Crippen LogP contribution in [0.3, 0.4) is 0 Å². The van der Waals surface area contributed by atoms with Crippen LogP contribution < -0.4 is 10.6 Å². The van der Waals surface area contributed by atoms with Crippen LogP contribution in [0.2, 0.25) is 0 Å². The van der Waals surface area contributed by atoms with Crippen LogP contribution >= 0.6 is 0 Å². The number of fused-ring (bicyclic) bond motifs is 2. The molecule has 138 valence electrons. The summed E-state index contributed by atoms with van der Waals surface area (Å²) in [6, 6.07) is 7.65. The predicted molar refractivity (Wildman–Crippen MR) is 103 cm³/mol. The molecule has 0 saturated carbocycles. The number of benzene rings is 1. The summed E-state index contributed by atoms with van der Waals surface area (Å²) in [5, 5.41) is 19.4. The molecule has 0 fully saturated rings. The van der Waals surface area contributed by atoms with Gasteiger partial charge in [0.15, 0.2) is 5.58 Å². The van der Waals surface area contributed by atoms with Crippen molar-refractivity contribution in [1.29, 1.82) is 0 Å². The highest BCUT2D eigenvalue weighted by Crippen LogP contribution is 2.34. The molecule has 3 aromatic rings. The normalized spacial score (nSPS) is 14.7. The van der Waals surface area contributed by atoms with Gasteiger partial charge in [0.25, 0.3) is 5.91 Å². The Hall–Kier alpha value is -3.35. The summed E-state index contributed by atoms with van der Waals surface area (Å²) in [7, 11) is 0. The quantitative estimate of drug-likeness (QED) is 0.482. The number of aromatic nitrogens is 1. The van der Waals surface area contributed by atoms with Crippen molar-refractivity contribution in [2.75, 3.05) is 5.32 Å². The molecular formula is C20H20N4O3. The summed E-state index contributed by atoms with van der Waals surface area (Å²) in [6.07, 6.45) is 4.80. The van der Waals surface area contributed by atoms with E-state index in [1.165, 1.54) is 0 Å². The van der Waals surface area contributed by atoms with Gasteiger partial charge in [0.1, 0.15) is 0 Å². The van der Waals surface area contributed by atoms with Crippen molar-refractivity contribution < 1.29 is 14.4 Å². The Labute approximate surface area is 156 Å². The summed E-state index contributed by atoms with van der Waals surface area (Å²) < 4.78 is 5.77. The van der Waals surface area contributed by atoms with Crippen molar-refractivity contribution in [1.82, 2.24) is 10.3 Å². The molecule has 27 heavy (non-hydrogen) atoms. The van der Waals surface area contributed by atoms with Crippen LogP contribution in [0.5, 0.6) is 0 Å². The molecule has 2 aromatic heterocycles. The lowest BCUT2D eigenvalue weighted by molar-refractivity contribution is 0.0918. The number of anilines is 2. The smallest absolute Gasteiger partial charge is 0.289 e. The molecule has 4 rings (SSSR count). The summed E-state index contributed by atoms with van der Waals surface area (Å²) in [6.45, 7) is 3.80. The molecule has 1 amide bonds. The molecule has 1 aromatic carbocycles. The molecule has 7 heteroatoms. The van der Waals surface area contributed by atoms with Crippen LogP contribution in [-0.2, 0) is 6.42 Å². The topological polar surface area (TPSA) is 99.8 Å². The molecule has 3 N–H and O–H groups in total. The zero-order valence-corrected chi connectivity index (χ0v) is 15.1. The number of carbonyl (C=O) groups is 1. The second-order valence-corrected chi connectivity index (χ2v) is 6.85. The van der Waals surface area contributed by atoms with Gasteiger partial charge < -0.3 is 20.3 Å². The number of nitrogens with one attached hydrogen (secondary N) is 2. The third-order valence-corrected chi connectivity index (χ3v) is 4.56. The van der Waals surface area contributed by atoms with Crippen LogP contribution in [0, 0.1) is 0 Å². The van der Waals surface area contributed by atoms with E-state index in [4.69, 9.17) is 9.62 Å². The number of rotatable bonds is 4. The van der Waals surface area contributed by atoms with E-state index < -0.39 is 0 Å². The third kappa shape index (κ3) is 3.12. The molecule has 0 aliphatic heterocycles. The molecule has 1 aliphatic rings. The highest BCUT2D eigenvalue weighted by molar-refractivity contribution is 6.08. The highest BCUT2D eigenvalue weighted by atomic mass is 16.4. The number of nitrogens with zero attached hydrogens (tertiary/aromatic N) is 2. The maximum absolute atomic E-state index is 12.6. The largest absolute Gasteiger partial charge is 0.447 e. The molecule has 0 spiro atoms. The standard InChI is InChI=1S/C20H20N4O3/c1-11(2)22-20(25)19-18(15-7-8-21-10-17(15)27-19)23-13-4-5-14-12(9-13)3-6-16(14)24-26/h4-5,7-11,23,26H,3,6H2,1-2H3,(H,22,25). The fourth-order valence-electron chi connectivity index (χ4n) is 3.36. The van der Waals surface area contributed by atoms with Crippen molar-refractivity contribution in [3.05, 3.63) is 53.5 Å². The molecule has 2 heterocycles. The van der Waals surface area contributed by atoms with Crippen molar-refractivity contribution in [2.45, 2.75) is 32.7 Å². The zero-order chi connectivity index (χ0) is 19.0. The van der Waals surface area contributed by atoms with Crippen molar-refractivity contribution in [2.24, 2.45) is 5.16 Å². The number of hydrogen-bond acceptors (Lipinski definition) is 6. The Morgan fingerprint density at radius 2 is 2.15 bits per heavy atom. The first-order valence-corrected chi connectivity index (χ1v) is 8.85. The van der Waals surface area contributed by atoms with Gasteiger partial charge in [-0.25, -0.2) is 0 Å². The SMILES string of the molecule is CC(C)NC(=O)c1oc2cnccc2c1Nc1ccc2c(c1)CCC2=NO. The molecular weight excluding hydrogens is 344 g/mol. The lowest BCUT2D eigenvalue weighted by atomic mass is 10.1. The summed E-state index contributed by atoms with van der Waals surface area (Å²) in [4.78, 5) is 16.7. The maximum Gasteiger partial charge on any atom is 0.289 e. The van der Waals surface area contributed by atoms with Crippen molar-refractivity contribution >= 4 is 34.0 Å². The Kier molecular flexibility index (Phi) is 4.27. The van der Waals surface area contributed by atoms with Gasteiger partial charge in [-0.05, 0) is 50.5 Å². The minimum atomic E-state index is -0.278. The third-order valence-electron chi connectivity index (χ3n) is 4.56. The van der Waals surface area contributed by atoms with Crippen LogP contribution in [0.25, 0.3) is 11.0 Å². The van der Waals surface area contributed by atoms with Gasteiger partial charge in [-0.15, -0.1) is 0 Å². The van der Waals surface area contributed by atoms with Crippen molar-refractivity contribution in [3.8, 4) is 0 Å². The average Bonchev–Trinajstić information content (AvgIpc) is 3.22. The maximum atomic E-state index is 12.6. The number of furan rings is 1. The number of pyridine rings is 1. The van der Waals surface area contributed by atoms with Crippen molar-refractivity contribution in [3.63, 3.8) is 0 Å². The van der Waals surface area contributed by atoms with Gasteiger partial charge in [-0.3, -0.25) is 9.78 Å². The highest BCUT2D eigenvalue weighted by Gasteiger charge is 2.23. The number of hydrogen-bond donors (Lipinski definition) is 3. The lowest BCUT2D eigenvalue weighted by Gasteiger charge is -2.11. The number of amides is 1. The van der Waals surface area contributed by atoms with E-state index in [1.54, 1.807) is 12.4 Å². The van der Waals surface area contributed by atoms with E-state index in [0.29, 0.717) is 17.0 Å². The molecule has 0 unspecified atom stereocenters. The minimum absolute atomic E-state index is 0.00660. The van der Waals surface area contributed by atoms with E-state index in [1.807, 2.05) is 38.1 Å². The van der Waals surface area contributed by atoms with Gasteiger partial charge in [0.05, 0.1) is 17.6 Å². The molecule has 0 radical (unpaired) electrons.